The zero-order chi connectivity index (χ0) is 21.1. The number of morpholine rings is 1. The van der Waals surface area contributed by atoms with E-state index in [0.29, 0.717) is 47.6 Å². The van der Waals surface area contributed by atoms with Gasteiger partial charge in [0.05, 0.1) is 29.0 Å². The molecule has 1 amide bonds. The average Bonchev–Trinajstić information content (AvgIpc) is 3.14. The number of benzene rings is 2. The number of ether oxygens (including phenoxy) is 1. The molecule has 1 aromatic heterocycles. The Kier molecular flexibility index (Phi) is 6.31. The Hall–Kier alpha value is -2.49. The summed E-state index contributed by atoms with van der Waals surface area (Å²) in [6.07, 6.45) is 0.638. The summed E-state index contributed by atoms with van der Waals surface area (Å²) in [4.78, 5) is 21.2. The molecule has 0 aliphatic carbocycles. The molecule has 1 aliphatic rings. The molecule has 1 aliphatic heterocycles. The van der Waals surface area contributed by atoms with Gasteiger partial charge in [-0.25, -0.2) is 18.2 Å². The van der Waals surface area contributed by atoms with Crippen molar-refractivity contribution in [3.63, 3.8) is 0 Å². The lowest BCUT2D eigenvalue weighted by atomic mass is 10.1. The second kappa shape index (κ2) is 9.11. The molecule has 0 N–H and O–H groups in total. The van der Waals surface area contributed by atoms with Gasteiger partial charge in [-0.05, 0) is 36.8 Å². The Balaban J connectivity index is 1.59. The van der Waals surface area contributed by atoms with Crippen LogP contribution >= 0.6 is 11.3 Å². The summed E-state index contributed by atoms with van der Waals surface area (Å²) in [6, 6.07) is 7.07. The maximum absolute atomic E-state index is 14.3. The first kappa shape index (κ1) is 20.8. The molecule has 0 unspecified atom stereocenters. The second-order valence-electron chi connectivity index (χ2n) is 7.00. The first-order valence-electron chi connectivity index (χ1n) is 9.64. The summed E-state index contributed by atoms with van der Waals surface area (Å²) >= 11 is 1.16. The predicted octanol–water partition coefficient (Wildman–Crippen LogP) is 4.08. The molecule has 2 aromatic carbocycles. The van der Waals surface area contributed by atoms with Gasteiger partial charge >= 0.3 is 0 Å². The van der Waals surface area contributed by atoms with Gasteiger partial charge in [0.15, 0.2) is 5.13 Å². The number of thiazole rings is 1. The minimum Gasteiger partial charge on any atom is -0.379 e. The number of aromatic nitrogens is 1. The quantitative estimate of drug-likeness (QED) is 0.585. The molecule has 30 heavy (non-hydrogen) atoms. The molecule has 1 saturated heterocycles. The van der Waals surface area contributed by atoms with Crippen LogP contribution in [-0.2, 0) is 4.74 Å². The van der Waals surface area contributed by atoms with Crippen molar-refractivity contribution in [2.45, 2.75) is 6.42 Å². The van der Waals surface area contributed by atoms with Crippen molar-refractivity contribution in [1.29, 1.82) is 0 Å². The van der Waals surface area contributed by atoms with Crippen LogP contribution in [0.5, 0.6) is 0 Å². The van der Waals surface area contributed by atoms with E-state index in [9.17, 15) is 18.0 Å². The van der Waals surface area contributed by atoms with Crippen LogP contribution in [0.4, 0.5) is 18.3 Å². The lowest BCUT2D eigenvalue weighted by Gasteiger charge is -2.27. The fourth-order valence-electron chi connectivity index (χ4n) is 3.37. The molecule has 158 valence electrons. The molecule has 3 aromatic rings. The third kappa shape index (κ3) is 4.63. The summed E-state index contributed by atoms with van der Waals surface area (Å²) in [5.41, 5.74) is 0.329. The van der Waals surface area contributed by atoms with Crippen molar-refractivity contribution in [2.75, 3.05) is 44.3 Å². The highest BCUT2D eigenvalue weighted by Crippen LogP contribution is 2.31. The van der Waals surface area contributed by atoms with Gasteiger partial charge in [-0.1, -0.05) is 11.3 Å². The van der Waals surface area contributed by atoms with Gasteiger partial charge < -0.3 is 4.74 Å². The monoisotopic (exact) mass is 435 g/mol. The number of hydrogen-bond donors (Lipinski definition) is 0. The van der Waals surface area contributed by atoms with E-state index < -0.39 is 23.4 Å². The van der Waals surface area contributed by atoms with Crippen LogP contribution in [0.15, 0.2) is 36.4 Å². The lowest BCUT2D eigenvalue weighted by molar-refractivity contribution is 0.0376. The van der Waals surface area contributed by atoms with Crippen LogP contribution in [0.1, 0.15) is 16.8 Å². The van der Waals surface area contributed by atoms with Gasteiger partial charge in [0.2, 0.25) is 0 Å². The number of rotatable bonds is 6. The SMILES string of the molecule is O=C(c1ccc(F)cc1F)N(CCCN1CCOCC1)c1nc2ccc(F)cc2s1. The Morgan fingerprint density at radius 2 is 1.83 bits per heavy atom. The molecule has 0 bridgehead atoms. The van der Waals surface area contributed by atoms with Gasteiger partial charge in [-0.3, -0.25) is 14.6 Å². The first-order valence-corrected chi connectivity index (χ1v) is 10.5. The minimum atomic E-state index is -0.926. The average molecular weight is 435 g/mol. The summed E-state index contributed by atoms with van der Waals surface area (Å²) in [7, 11) is 0. The van der Waals surface area contributed by atoms with Gasteiger partial charge in [-0.15, -0.1) is 0 Å². The van der Waals surface area contributed by atoms with E-state index in [0.717, 1.165) is 43.1 Å². The highest BCUT2D eigenvalue weighted by molar-refractivity contribution is 7.22. The predicted molar refractivity (Wildman–Crippen MR) is 109 cm³/mol. The first-order chi connectivity index (χ1) is 14.5. The number of hydrogen-bond acceptors (Lipinski definition) is 5. The summed E-state index contributed by atoms with van der Waals surface area (Å²) in [5.74, 6) is -2.68. The van der Waals surface area contributed by atoms with E-state index in [1.165, 1.54) is 17.0 Å². The van der Waals surface area contributed by atoms with Gasteiger partial charge in [-0.2, -0.15) is 0 Å². The number of anilines is 1. The molecule has 0 spiro atoms. The third-order valence-corrected chi connectivity index (χ3v) is 5.98. The zero-order valence-electron chi connectivity index (χ0n) is 16.1. The second-order valence-corrected chi connectivity index (χ2v) is 8.01. The Labute approximate surface area is 175 Å². The van der Waals surface area contributed by atoms with Crippen LogP contribution in [0, 0.1) is 17.5 Å². The number of halogens is 3. The van der Waals surface area contributed by atoms with Crippen molar-refractivity contribution in [3.8, 4) is 0 Å². The lowest BCUT2D eigenvalue weighted by Crippen LogP contribution is -2.39. The van der Waals surface area contributed by atoms with Gasteiger partial charge in [0.1, 0.15) is 17.5 Å². The van der Waals surface area contributed by atoms with E-state index >= 15 is 0 Å². The molecule has 5 nitrogen and oxygen atoms in total. The zero-order valence-corrected chi connectivity index (χ0v) is 16.9. The number of fused-ring (bicyclic) bond motifs is 1. The molecule has 0 saturated carbocycles. The maximum Gasteiger partial charge on any atom is 0.263 e. The fourth-order valence-corrected chi connectivity index (χ4v) is 4.39. The van der Waals surface area contributed by atoms with Crippen LogP contribution in [0.3, 0.4) is 0 Å². The van der Waals surface area contributed by atoms with E-state index in [2.05, 4.69) is 9.88 Å². The third-order valence-electron chi connectivity index (χ3n) is 4.94. The molecular weight excluding hydrogens is 415 g/mol. The van der Waals surface area contributed by atoms with Crippen molar-refractivity contribution in [3.05, 3.63) is 59.4 Å². The Morgan fingerprint density at radius 3 is 2.60 bits per heavy atom. The van der Waals surface area contributed by atoms with Crippen LogP contribution < -0.4 is 4.90 Å². The maximum atomic E-state index is 14.3. The van der Waals surface area contributed by atoms with E-state index in [4.69, 9.17) is 4.74 Å². The standard InChI is InChI=1S/C21H20F3N3O2S/c22-14-2-4-16(17(24)12-14)20(28)27(7-1-6-26-8-10-29-11-9-26)21-25-18-5-3-15(23)13-19(18)30-21/h2-5,12-13H,1,6-11H2. The molecule has 2 heterocycles. The van der Waals surface area contributed by atoms with E-state index in [1.807, 2.05) is 0 Å². The normalized spacial score (nSPS) is 14.9. The van der Waals surface area contributed by atoms with Gasteiger partial charge in [0, 0.05) is 32.2 Å². The van der Waals surface area contributed by atoms with Crippen LogP contribution in [0.2, 0.25) is 0 Å². The van der Waals surface area contributed by atoms with Crippen molar-refractivity contribution < 1.29 is 22.7 Å². The van der Waals surface area contributed by atoms with Crippen molar-refractivity contribution in [2.24, 2.45) is 0 Å². The van der Waals surface area contributed by atoms with Crippen molar-refractivity contribution >= 4 is 32.6 Å². The Bertz CT molecular complexity index is 1050. The largest absolute Gasteiger partial charge is 0.379 e. The number of amides is 1. The molecule has 0 atom stereocenters. The molecule has 1 fully saturated rings. The summed E-state index contributed by atoms with van der Waals surface area (Å²) in [6.45, 7) is 4.04. The summed E-state index contributed by atoms with van der Waals surface area (Å²) in [5, 5.41) is 0.353. The topological polar surface area (TPSA) is 45.7 Å². The van der Waals surface area contributed by atoms with Crippen LogP contribution in [0.25, 0.3) is 10.2 Å². The Morgan fingerprint density at radius 1 is 1.10 bits per heavy atom. The van der Waals surface area contributed by atoms with E-state index in [1.54, 1.807) is 6.07 Å². The number of nitrogens with zero attached hydrogens (tertiary/aromatic N) is 3. The van der Waals surface area contributed by atoms with Gasteiger partial charge in [0.25, 0.3) is 5.91 Å². The van der Waals surface area contributed by atoms with E-state index in [-0.39, 0.29) is 5.56 Å². The number of carbonyl (C=O) groups is 1. The molecule has 4 rings (SSSR count). The molecule has 0 radical (unpaired) electrons. The molecular formula is C21H20F3N3O2S. The number of carbonyl (C=O) groups excluding carboxylic acids is 1. The smallest absolute Gasteiger partial charge is 0.263 e. The van der Waals surface area contributed by atoms with Crippen molar-refractivity contribution in [1.82, 2.24) is 9.88 Å². The molecule has 9 heteroatoms. The summed E-state index contributed by atoms with van der Waals surface area (Å²) < 4.78 is 47.1. The highest BCUT2D eigenvalue weighted by Gasteiger charge is 2.24. The van der Waals surface area contributed by atoms with Crippen LogP contribution in [-0.4, -0.2) is 55.2 Å². The minimum absolute atomic E-state index is 0.229. The fraction of sp³-hybridized carbons (Fsp3) is 0.333. The highest BCUT2D eigenvalue weighted by atomic mass is 32.1.